The van der Waals surface area contributed by atoms with E-state index in [1.807, 2.05) is 12.4 Å². The van der Waals surface area contributed by atoms with Gasteiger partial charge in [-0.25, -0.2) is 0 Å². The first kappa shape index (κ1) is 24.2. The van der Waals surface area contributed by atoms with Crippen molar-refractivity contribution in [2.45, 2.75) is 136 Å². The van der Waals surface area contributed by atoms with Gasteiger partial charge in [0.15, 0.2) is 12.4 Å². The molecule has 0 bridgehead atoms. The van der Waals surface area contributed by atoms with Crippen molar-refractivity contribution in [3.05, 3.63) is 6.17 Å². The molecule has 0 fully saturated rings. The third-order valence-electron chi connectivity index (χ3n) is 5.97. The van der Waals surface area contributed by atoms with E-state index in [1.165, 1.54) is 116 Å². The molecule has 0 N–H and O–H groups in total. The summed E-state index contributed by atoms with van der Waals surface area (Å²) in [7, 11) is 0. The molecule has 2 heteroatoms. The largest absolute Gasteiger partial charge is 0.240 e. The Morgan fingerprint density at radius 2 is 0.963 bits per heavy atom. The zero-order valence-electron chi connectivity index (χ0n) is 18.6. The number of nitrogens with zero attached hydrogens (tertiary/aromatic N) is 2. The fourth-order valence-corrected chi connectivity index (χ4v) is 4.12. The monoisotopic (exact) mass is 375 g/mol. The number of unbranched alkanes of at least 4 members (excludes halogenated alkanes) is 13. The molecule has 0 saturated heterocycles. The van der Waals surface area contributed by atoms with Crippen LogP contribution in [0.4, 0.5) is 0 Å². The van der Waals surface area contributed by atoms with Gasteiger partial charge in [-0.15, -0.1) is 0 Å². The van der Waals surface area contributed by atoms with Gasteiger partial charge in [0.1, 0.15) is 0 Å². The van der Waals surface area contributed by atoms with Gasteiger partial charge in [-0.3, -0.25) is 0 Å². The van der Waals surface area contributed by atoms with Crippen molar-refractivity contribution in [1.29, 1.82) is 0 Å². The number of aliphatic imine (C=N–C) groups is 2. The molecule has 1 rings (SSSR count). The van der Waals surface area contributed by atoms with Gasteiger partial charge in [0.25, 0.3) is 0 Å². The van der Waals surface area contributed by atoms with Gasteiger partial charge in [0.2, 0.25) is 6.17 Å². The second-order valence-electron chi connectivity index (χ2n) is 8.55. The molecule has 0 spiro atoms. The summed E-state index contributed by atoms with van der Waals surface area (Å²) >= 11 is 0. The lowest BCUT2D eigenvalue weighted by Gasteiger charge is -2.16. The summed E-state index contributed by atoms with van der Waals surface area (Å²) in [4.78, 5) is 8.68. The summed E-state index contributed by atoms with van der Waals surface area (Å²) in [5.41, 5.74) is 0. The van der Waals surface area contributed by atoms with Crippen LogP contribution in [0.2, 0.25) is 0 Å². The van der Waals surface area contributed by atoms with Crippen molar-refractivity contribution >= 4 is 12.4 Å². The fourth-order valence-electron chi connectivity index (χ4n) is 4.12. The maximum absolute atomic E-state index is 4.34. The second kappa shape index (κ2) is 18.6. The molecule has 27 heavy (non-hydrogen) atoms. The van der Waals surface area contributed by atoms with E-state index in [4.69, 9.17) is 0 Å². The molecule has 156 valence electrons. The molecule has 0 amide bonds. The molecule has 0 saturated carbocycles. The molecule has 1 heterocycles. The Hall–Kier alpha value is -0.790. The molecular weight excluding hydrogens is 328 g/mol. The SMILES string of the molecule is CCCCCCCCCCCCCCC(CCCCC)CC[C+]1N=CC=N1. The molecule has 0 aliphatic carbocycles. The van der Waals surface area contributed by atoms with Crippen LogP contribution in [0.5, 0.6) is 0 Å². The van der Waals surface area contributed by atoms with Crippen LogP contribution in [0, 0.1) is 12.1 Å². The van der Waals surface area contributed by atoms with Crippen LogP contribution in [0.3, 0.4) is 0 Å². The van der Waals surface area contributed by atoms with E-state index in [2.05, 4.69) is 23.8 Å². The number of hydrogen-bond donors (Lipinski definition) is 0. The third kappa shape index (κ3) is 14.9. The molecule has 0 aromatic carbocycles. The van der Waals surface area contributed by atoms with Crippen LogP contribution in [0.25, 0.3) is 0 Å². The third-order valence-corrected chi connectivity index (χ3v) is 5.97. The van der Waals surface area contributed by atoms with Gasteiger partial charge in [-0.2, -0.15) is 0 Å². The van der Waals surface area contributed by atoms with Gasteiger partial charge in [-0.05, 0) is 12.3 Å². The van der Waals surface area contributed by atoms with Gasteiger partial charge in [0, 0.05) is 0 Å². The van der Waals surface area contributed by atoms with Crippen LogP contribution < -0.4 is 0 Å². The smallest absolute Gasteiger partial charge is 0.0968 e. The summed E-state index contributed by atoms with van der Waals surface area (Å²) < 4.78 is 0. The average Bonchev–Trinajstić information content (AvgIpc) is 3.20. The first-order chi connectivity index (χ1) is 13.4. The van der Waals surface area contributed by atoms with Gasteiger partial charge >= 0.3 is 0 Å². The van der Waals surface area contributed by atoms with E-state index < -0.39 is 0 Å². The molecule has 0 aromatic rings. The lowest BCUT2D eigenvalue weighted by atomic mass is 9.90. The molecular formula is C25H47N2+. The highest BCUT2D eigenvalue weighted by Crippen LogP contribution is 2.26. The maximum Gasteiger partial charge on any atom is 0.240 e. The predicted octanol–water partition coefficient (Wildman–Crippen LogP) is 8.70. The van der Waals surface area contributed by atoms with E-state index >= 15 is 0 Å². The van der Waals surface area contributed by atoms with Gasteiger partial charge < -0.3 is 0 Å². The normalized spacial score (nSPS) is 14.4. The summed E-state index contributed by atoms with van der Waals surface area (Å²) in [6.45, 7) is 4.60. The summed E-state index contributed by atoms with van der Waals surface area (Å²) in [5, 5.41) is 0. The minimum absolute atomic E-state index is 0.887. The van der Waals surface area contributed by atoms with Crippen molar-refractivity contribution in [2.75, 3.05) is 0 Å². The predicted molar refractivity (Wildman–Crippen MR) is 123 cm³/mol. The molecule has 0 aromatic heterocycles. The van der Waals surface area contributed by atoms with E-state index in [0.717, 1.165) is 18.5 Å². The van der Waals surface area contributed by atoms with Crippen LogP contribution in [0.1, 0.15) is 136 Å². The van der Waals surface area contributed by atoms with Crippen molar-refractivity contribution in [3.8, 4) is 0 Å². The van der Waals surface area contributed by atoms with Crippen molar-refractivity contribution in [2.24, 2.45) is 15.9 Å². The van der Waals surface area contributed by atoms with Crippen molar-refractivity contribution in [1.82, 2.24) is 0 Å². The van der Waals surface area contributed by atoms with Crippen molar-refractivity contribution in [3.63, 3.8) is 0 Å². The zero-order chi connectivity index (χ0) is 19.4. The van der Waals surface area contributed by atoms with Crippen LogP contribution >= 0.6 is 0 Å². The zero-order valence-corrected chi connectivity index (χ0v) is 18.6. The van der Waals surface area contributed by atoms with Crippen molar-refractivity contribution < 1.29 is 0 Å². The van der Waals surface area contributed by atoms with E-state index in [9.17, 15) is 0 Å². The first-order valence-electron chi connectivity index (χ1n) is 12.3. The Morgan fingerprint density at radius 1 is 0.556 bits per heavy atom. The number of hydrogen-bond acceptors (Lipinski definition) is 2. The molecule has 0 radical (unpaired) electrons. The Bertz CT molecular complexity index is 349. The minimum Gasteiger partial charge on any atom is -0.0968 e. The summed E-state index contributed by atoms with van der Waals surface area (Å²) in [6, 6.07) is 0. The number of rotatable bonds is 20. The Balaban J connectivity index is 1.97. The highest BCUT2D eigenvalue weighted by atomic mass is 15.0. The highest BCUT2D eigenvalue weighted by Gasteiger charge is 2.18. The van der Waals surface area contributed by atoms with Crippen LogP contribution in [-0.4, -0.2) is 12.4 Å². The van der Waals surface area contributed by atoms with Gasteiger partial charge in [-0.1, -0.05) is 133 Å². The fraction of sp³-hybridized carbons (Fsp3) is 0.880. The lowest BCUT2D eigenvalue weighted by Crippen LogP contribution is -2.03. The highest BCUT2D eigenvalue weighted by molar-refractivity contribution is 6.18. The Morgan fingerprint density at radius 3 is 1.48 bits per heavy atom. The maximum atomic E-state index is 4.34. The lowest BCUT2D eigenvalue weighted by molar-refractivity contribution is 0.376. The Kier molecular flexibility index (Phi) is 16.7. The standard InChI is InChI=1S/C25H47N2/c1-3-5-7-8-9-10-11-12-13-14-15-17-19-24(18-16-6-4-2)20-21-25-26-22-23-27-25/h22-24H,3-21H2,1-2H3/q+1. The van der Waals surface area contributed by atoms with Gasteiger partial charge in [0.05, 0.1) is 6.42 Å². The summed E-state index contributed by atoms with van der Waals surface area (Å²) in [6.07, 6.45) is 31.3. The van der Waals surface area contributed by atoms with Crippen LogP contribution in [-0.2, 0) is 0 Å². The molecule has 1 aliphatic rings. The molecule has 1 unspecified atom stereocenters. The van der Waals surface area contributed by atoms with E-state index in [-0.39, 0.29) is 0 Å². The average molecular weight is 376 g/mol. The molecule has 2 nitrogen and oxygen atoms in total. The summed E-state index contributed by atoms with van der Waals surface area (Å²) in [5.74, 6) is 0.887. The molecule has 1 aliphatic heterocycles. The topological polar surface area (TPSA) is 24.7 Å². The minimum atomic E-state index is 0.887. The van der Waals surface area contributed by atoms with E-state index in [0.29, 0.717) is 0 Å². The van der Waals surface area contributed by atoms with E-state index in [1.54, 1.807) is 0 Å². The Labute approximate surface area is 170 Å². The molecule has 1 atom stereocenters. The second-order valence-corrected chi connectivity index (χ2v) is 8.55. The quantitative estimate of drug-likeness (QED) is 0.150. The van der Waals surface area contributed by atoms with Crippen LogP contribution in [0.15, 0.2) is 9.98 Å². The first-order valence-corrected chi connectivity index (χ1v) is 12.3.